The number of rotatable bonds is 8. The minimum absolute atomic E-state index is 0.107. The first kappa shape index (κ1) is 25.1. The Hall–Kier alpha value is -2.61. The van der Waals surface area contributed by atoms with Gasteiger partial charge in [0.2, 0.25) is 5.88 Å². The van der Waals surface area contributed by atoms with E-state index < -0.39 is 0 Å². The average Bonchev–Trinajstić information content (AvgIpc) is 2.90. The third kappa shape index (κ3) is 5.85. The molecular formula is C29H38N4O3. The normalized spacial score (nSPS) is 19.0. The lowest BCUT2D eigenvalue weighted by atomic mass is 9.88. The molecule has 0 aliphatic carbocycles. The standard InChI is InChI=1S/C29H38N4O3/c1-20(19-34-3)16-27-30-18-26-28(32-27)25(17-31-29(26)36-24-10-14-35-15-11-24)23-6-4-21(5-7-23)22-8-12-33(2)13-9-22/h4-7,17-18,20,22,24H,8-16,19H2,1-3H3/t20-/m1/s1. The number of hydrogen-bond donors (Lipinski definition) is 0. The molecule has 0 radical (unpaired) electrons. The molecule has 0 saturated carbocycles. The molecule has 1 aromatic carbocycles. The molecule has 2 aliphatic heterocycles. The number of ether oxygens (including phenoxy) is 3. The first-order chi connectivity index (χ1) is 17.6. The number of pyridine rings is 1. The average molecular weight is 491 g/mol. The van der Waals surface area contributed by atoms with Crippen LogP contribution in [-0.4, -0.2) is 73.0 Å². The molecule has 0 spiro atoms. The molecule has 7 nitrogen and oxygen atoms in total. The fourth-order valence-electron chi connectivity index (χ4n) is 5.32. The van der Waals surface area contributed by atoms with Gasteiger partial charge in [0.05, 0.1) is 24.1 Å². The fraction of sp³-hybridized carbons (Fsp3) is 0.552. The second kappa shape index (κ2) is 11.6. The van der Waals surface area contributed by atoms with Crippen LogP contribution < -0.4 is 4.74 Å². The monoisotopic (exact) mass is 490 g/mol. The van der Waals surface area contributed by atoms with E-state index in [0.717, 1.165) is 73.4 Å². The van der Waals surface area contributed by atoms with E-state index in [1.165, 1.54) is 18.4 Å². The number of fused-ring (bicyclic) bond motifs is 1. The summed E-state index contributed by atoms with van der Waals surface area (Å²) in [5.74, 6) is 2.40. The maximum absolute atomic E-state index is 6.33. The van der Waals surface area contributed by atoms with Crippen molar-refractivity contribution >= 4 is 10.9 Å². The fourth-order valence-corrected chi connectivity index (χ4v) is 5.32. The third-order valence-electron chi connectivity index (χ3n) is 7.48. The highest BCUT2D eigenvalue weighted by molar-refractivity contribution is 5.95. The molecule has 192 valence electrons. The van der Waals surface area contributed by atoms with Crippen LogP contribution in [0.2, 0.25) is 0 Å². The Morgan fingerprint density at radius 1 is 1.03 bits per heavy atom. The zero-order chi connectivity index (χ0) is 24.9. The van der Waals surface area contributed by atoms with Crippen LogP contribution in [0.1, 0.15) is 49.9 Å². The maximum atomic E-state index is 6.33. The van der Waals surface area contributed by atoms with Gasteiger partial charge in [-0.05, 0) is 55.9 Å². The highest BCUT2D eigenvalue weighted by atomic mass is 16.5. The molecule has 2 aliphatic rings. The maximum Gasteiger partial charge on any atom is 0.224 e. The third-order valence-corrected chi connectivity index (χ3v) is 7.48. The van der Waals surface area contributed by atoms with Gasteiger partial charge in [0.1, 0.15) is 11.9 Å². The molecule has 5 rings (SSSR count). The van der Waals surface area contributed by atoms with Gasteiger partial charge in [-0.25, -0.2) is 15.0 Å². The first-order valence-electron chi connectivity index (χ1n) is 13.3. The number of aromatic nitrogens is 3. The van der Waals surface area contributed by atoms with Gasteiger partial charge in [-0.2, -0.15) is 0 Å². The summed E-state index contributed by atoms with van der Waals surface area (Å²) in [6, 6.07) is 9.01. The van der Waals surface area contributed by atoms with Crippen molar-refractivity contribution in [2.75, 3.05) is 47.1 Å². The van der Waals surface area contributed by atoms with Gasteiger partial charge in [0, 0.05) is 50.9 Å². The van der Waals surface area contributed by atoms with Crippen molar-refractivity contribution in [3.05, 3.63) is 48.0 Å². The molecule has 1 atom stereocenters. The van der Waals surface area contributed by atoms with E-state index in [1.54, 1.807) is 7.11 Å². The second-order valence-electron chi connectivity index (χ2n) is 10.4. The van der Waals surface area contributed by atoms with Crippen molar-refractivity contribution in [1.82, 2.24) is 19.9 Å². The molecule has 7 heteroatoms. The number of piperidine rings is 1. The predicted molar refractivity (Wildman–Crippen MR) is 141 cm³/mol. The number of benzene rings is 1. The van der Waals surface area contributed by atoms with Gasteiger partial charge >= 0.3 is 0 Å². The van der Waals surface area contributed by atoms with Gasteiger partial charge in [-0.3, -0.25) is 0 Å². The lowest BCUT2D eigenvalue weighted by Gasteiger charge is -2.29. The molecule has 0 N–H and O–H groups in total. The van der Waals surface area contributed by atoms with E-state index in [2.05, 4.69) is 48.1 Å². The lowest BCUT2D eigenvalue weighted by Crippen LogP contribution is -2.29. The Labute approximate surface area is 214 Å². The van der Waals surface area contributed by atoms with Crippen molar-refractivity contribution in [3.63, 3.8) is 0 Å². The summed E-state index contributed by atoms with van der Waals surface area (Å²) >= 11 is 0. The summed E-state index contributed by atoms with van der Waals surface area (Å²) in [4.78, 5) is 16.9. The van der Waals surface area contributed by atoms with E-state index in [1.807, 2.05) is 12.4 Å². The van der Waals surface area contributed by atoms with E-state index in [4.69, 9.17) is 24.2 Å². The Balaban J connectivity index is 1.47. The van der Waals surface area contributed by atoms with Gasteiger partial charge in [-0.15, -0.1) is 0 Å². The topological polar surface area (TPSA) is 69.6 Å². The molecule has 0 amide bonds. The minimum Gasteiger partial charge on any atom is -0.474 e. The van der Waals surface area contributed by atoms with Crippen LogP contribution in [0.5, 0.6) is 5.88 Å². The molecule has 3 aromatic rings. The Morgan fingerprint density at radius 3 is 2.50 bits per heavy atom. The van der Waals surface area contributed by atoms with Crippen molar-refractivity contribution in [2.24, 2.45) is 5.92 Å². The molecule has 2 saturated heterocycles. The minimum atomic E-state index is 0.107. The van der Waals surface area contributed by atoms with E-state index >= 15 is 0 Å². The number of hydrogen-bond acceptors (Lipinski definition) is 7. The van der Waals surface area contributed by atoms with Gasteiger partial charge in [0.25, 0.3) is 0 Å². The molecule has 0 unspecified atom stereocenters. The van der Waals surface area contributed by atoms with Crippen LogP contribution in [0.15, 0.2) is 36.7 Å². The summed E-state index contributed by atoms with van der Waals surface area (Å²) in [6.07, 6.45) is 8.84. The summed E-state index contributed by atoms with van der Waals surface area (Å²) in [5.41, 5.74) is 4.46. The number of nitrogens with zero attached hydrogens (tertiary/aromatic N) is 4. The van der Waals surface area contributed by atoms with E-state index in [9.17, 15) is 0 Å². The quantitative estimate of drug-likeness (QED) is 0.446. The number of likely N-dealkylation sites (tertiary alicyclic amines) is 1. The van der Waals surface area contributed by atoms with E-state index in [0.29, 0.717) is 24.3 Å². The number of methoxy groups -OCH3 is 1. The Bertz CT molecular complexity index is 1140. The Morgan fingerprint density at radius 2 is 1.78 bits per heavy atom. The van der Waals surface area contributed by atoms with Crippen LogP contribution in [0.3, 0.4) is 0 Å². The van der Waals surface area contributed by atoms with E-state index in [-0.39, 0.29) is 6.10 Å². The highest BCUT2D eigenvalue weighted by Crippen LogP contribution is 2.34. The molecule has 36 heavy (non-hydrogen) atoms. The second-order valence-corrected chi connectivity index (χ2v) is 10.4. The van der Waals surface area contributed by atoms with Gasteiger partial charge in [0.15, 0.2) is 0 Å². The molecule has 2 fully saturated rings. The van der Waals surface area contributed by atoms with Crippen LogP contribution in [-0.2, 0) is 15.9 Å². The van der Waals surface area contributed by atoms with Crippen LogP contribution >= 0.6 is 0 Å². The van der Waals surface area contributed by atoms with Gasteiger partial charge in [-0.1, -0.05) is 31.2 Å². The van der Waals surface area contributed by atoms with Crippen LogP contribution in [0.25, 0.3) is 22.0 Å². The molecular weight excluding hydrogens is 452 g/mol. The largest absolute Gasteiger partial charge is 0.474 e. The van der Waals surface area contributed by atoms with Crippen LogP contribution in [0.4, 0.5) is 0 Å². The van der Waals surface area contributed by atoms with Gasteiger partial charge < -0.3 is 19.1 Å². The van der Waals surface area contributed by atoms with Crippen molar-refractivity contribution in [1.29, 1.82) is 0 Å². The van der Waals surface area contributed by atoms with Crippen molar-refractivity contribution < 1.29 is 14.2 Å². The zero-order valence-corrected chi connectivity index (χ0v) is 21.8. The SMILES string of the molecule is COC[C@H](C)Cc1ncc2c(OC3CCOCC3)ncc(-c3ccc(C4CCN(C)CC4)cc3)c2n1. The highest BCUT2D eigenvalue weighted by Gasteiger charge is 2.21. The Kier molecular flexibility index (Phi) is 8.09. The summed E-state index contributed by atoms with van der Waals surface area (Å²) in [5, 5.41) is 0.863. The zero-order valence-electron chi connectivity index (χ0n) is 21.8. The summed E-state index contributed by atoms with van der Waals surface area (Å²) in [7, 11) is 3.94. The first-order valence-corrected chi connectivity index (χ1v) is 13.3. The molecule has 0 bridgehead atoms. The lowest BCUT2D eigenvalue weighted by molar-refractivity contribution is 0.0244. The summed E-state index contributed by atoms with van der Waals surface area (Å²) in [6.45, 7) is 6.62. The molecule has 2 aromatic heterocycles. The molecule has 4 heterocycles. The smallest absolute Gasteiger partial charge is 0.224 e. The summed E-state index contributed by atoms with van der Waals surface area (Å²) < 4.78 is 17.2. The van der Waals surface area contributed by atoms with Crippen molar-refractivity contribution in [3.8, 4) is 17.0 Å². The van der Waals surface area contributed by atoms with Crippen LogP contribution in [0, 0.1) is 5.92 Å². The predicted octanol–water partition coefficient (Wildman–Crippen LogP) is 4.88. The van der Waals surface area contributed by atoms with Crippen molar-refractivity contribution in [2.45, 2.75) is 51.0 Å².